The molecule has 0 saturated heterocycles. The van der Waals surface area contributed by atoms with Gasteiger partial charge in [0.05, 0.1) is 6.20 Å². The Labute approximate surface area is 127 Å². The zero-order valence-electron chi connectivity index (χ0n) is 13.6. The Morgan fingerprint density at radius 3 is 2.67 bits per heavy atom. The van der Waals surface area contributed by atoms with Crippen LogP contribution in [-0.2, 0) is 20.1 Å². The molecule has 5 heteroatoms. The molecule has 0 unspecified atom stereocenters. The van der Waals surface area contributed by atoms with Crippen molar-refractivity contribution in [2.75, 3.05) is 11.9 Å². The first kappa shape index (κ1) is 15.5. The van der Waals surface area contributed by atoms with E-state index in [9.17, 15) is 0 Å². The van der Waals surface area contributed by atoms with Crippen LogP contribution in [0.4, 0.5) is 5.82 Å². The predicted molar refractivity (Wildman–Crippen MR) is 86.1 cm³/mol. The maximum Gasteiger partial charge on any atom is 0.128 e. The van der Waals surface area contributed by atoms with Crippen molar-refractivity contribution in [2.24, 2.45) is 7.05 Å². The van der Waals surface area contributed by atoms with Crippen LogP contribution in [0.2, 0.25) is 0 Å². The van der Waals surface area contributed by atoms with Crippen LogP contribution < -0.4 is 10.2 Å². The summed E-state index contributed by atoms with van der Waals surface area (Å²) in [5.74, 6) is 0.979. The molecule has 2 heterocycles. The van der Waals surface area contributed by atoms with E-state index in [1.807, 2.05) is 30.3 Å². The Balaban J connectivity index is 2.02. The van der Waals surface area contributed by atoms with Gasteiger partial charge < -0.3 is 10.2 Å². The second-order valence-electron chi connectivity index (χ2n) is 6.50. The normalized spacial score (nSPS) is 11.7. The lowest BCUT2D eigenvalue weighted by Crippen LogP contribution is -2.35. The highest BCUT2D eigenvalue weighted by atomic mass is 15.2. The molecule has 0 aliphatic heterocycles. The number of nitrogens with zero attached hydrogens (tertiary/aromatic N) is 4. The monoisotopic (exact) mass is 287 g/mol. The molecule has 5 nitrogen and oxygen atoms in total. The van der Waals surface area contributed by atoms with Crippen molar-refractivity contribution in [3.63, 3.8) is 0 Å². The van der Waals surface area contributed by atoms with Crippen LogP contribution in [0.15, 0.2) is 30.7 Å². The summed E-state index contributed by atoms with van der Waals surface area (Å²) in [4.78, 5) is 6.59. The molecule has 0 fully saturated rings. The van der Waals surface area contributed by atoms with Gasteiger partial charge in [0.1, 0.15) is 5.82 Å². The molecule has 0 spiro atoms. The van der Waals surface area contributed by atoms with Crippen LogP contribution in [0.25, 0.3) is 0 Å². The fraction of sp³-hybridized carbons (Fsp3) is 0.500. The summed E-state index contributed by atoms with van der Waals surface area (Å²) in [6, 6.07) is 4.19. The van der Waals surface area contributed by atoms with Crippen molar-refractivity contribution >= 4 is 5.82 Å². The number of rotatable bonds is 5. The van der Waals surface area contributed by atoms with Crippen molar-refractivity contribution in [3.8, 4) is 0 Å². The second-order valence-corrected chi connectivity index (χ2v) is 6.50. The zero-order valence-corrected chi connectivity index (χ0v) is 13.6. The van der Waals surface area contributed by atoms with E-state index in [0.29, 0.717) is 0 Å². The first-order valence-corrected chi connectivity index (χ1v) is 7.22. The number of nitrogens with one attached hydrogen (secondary N) is 1. The molecule has 114 valence electrons. The van der Waals surface area contributed by atoms with E-state index in [1.165, 1.54) is 11.1 Å². The number of hydrogen-bond acceptors (Lipinski definition) is 4. The number of hydrogen-bond donors (Lipinski definition) is 1. The summed E-state index contributed by atoms with van der Waals surface area (Å²) in [6.07, 6.45) is 5.79. The minimum Gasteiger partial charge on any atom is -0.355 e. The average Bonchev–Trinajstić information content (AvgIpc) is 2.81. The maximum absolute atomic E-state index is 4.46. The van der Waals surface area contributed by atoms with Crippen LogP contribution in [0.1, 0.15) is 31.9 Å². The summed E-state index contributed by atoms with van der Waals surface area (Å²) >= 11 is 0. The Bertz CT molecular complexity index is 582. The molecule has 1 N–H and O–H groups in total. The van der Waals surface area contributed by atoms with Gasteiger partial charge in [0.15, 0.2) is 0 Å². The molecule has 0 amide bonds. The van der Waals surface area contributed by atoms with E-state index in [1.54, 1.807) is 0 Å². The second kappa shape index (κ2) is 6.26. The zero-order chi connectivity index (χ0) is 15.5. The molecular formula is C16H25N5. The quantitative estimate of drug-likeness (QED) is 0.917. The van der Waals surface area contributed by atoms with E-state index in [2.05, 4.69) is 60.3 Å². The Morgan fingerprint density at radius 2 is 2.05 bits per heavy atom. The summed E-state index contributed by atoms with van der Waals surface area (Å²) in [5, 5.41) is 7.69. The lowest BCUT2D eigenvalue weighted by Gasteiger charge is -2.22. The van der Waals surface area contributed by atoms with Crippen molar-refractivity contribution in [2.45, 2.75) is 39.4 Å². The van der Waals surface area contributed by atoms with E-state index < -0.39 is 0 Å². The fourth-order valence-corrected chi connectivity index (χ4v) is 2.05. The number of aryl methyl sites for hydroxylation is 1. The lowest BCUT2D eigenvalue weighted by atomic mass is 10.1. The molecule has 0 radical (unpaired) electrons. The van der Waals surface area contributed by atoms with E-state index in [-0.39, 0.29) is 5.54 Å². The van der Waals surface area contributed by atoms with Gasteiger partial charge in [-0.3, -0.25) is 4.68 Å². The average molecular weight is 287 g/mol. The van der Waals surface area contributed by atoms with Crippen LogP contribution in [0.5, 0.6) is 0 Å². The number of anilines is 1. The molecule has 0 aliphatic carbocycles. The highest BCUT2D eigenvalue weighted by Crippen LogP contribution is 2.14. The molecule has 0 aliphatic rings. The standard InChI is InChI=1S/C16H25N5/c1-16(2,3)18-9-13-6-7-17-15(8-13)20(4)11-14-10-19-21(5)12-14/h6-8,10,12,18H,9,11H2,1-5H3. The van der Waals surface area contributed by atoms with Gasteiger partial charge in [-0.25, -0.2) is 4.98 Å². The summed E-state index contributed by atoms with van der Waals surface area (Å²) in [6.45, 7) is 8.16. The number of pyridine rings is 1. The minimum absolute atomic E-state index is 0.116. The van der Waals surface area contributed by atoms with Gasteiger partial charge in [-0.1, -0.05) is 0 Å². The van der Waals surface area contributed by atoms with E-state index in [4.69, 9.17) is 0 Å². The van der Waals surface area contributed by atoms with Gasteiger partial charge in [0.2, 0.25) is 0 Å². The molecular weight excluding hydrogens is 262 g/mol. The van der Waals surface area contributed by atoms with Crippen LogP contribution >= 0.6 is 0 Å². The fourth-order valence-electron chi connectivity index (χ4n) is 2.05. The van der Waals surface area contributed by atoms with Crippen LogP contribution in [-0.4, -0.2) is 27.4 Å². The Morgan fingerprint density at radius 1 is 1.29 bits per heavy atom. The van der Waals surface area contributed by atoms with Crippen molar-refractivity contribution in [1.29, 1.82) is 0 Å². The van der Waals surface area contributed by atoms with E-state index in [0.717, 1.165) is 18.9 Å². The molecule has 0 saturated carbocycles. The number of aromatic nitrogens is 3. The van der Waals surface area contributed by atoms with E-state index >= 15 is 0 Å². The SMILES string of the molecule is CN(Cc1cnn(C)c1)c1cc(CNC(C)(C)C)ccn1. The summed E-state index contributed by atoms with van der Waals surface area (Å²) < 4.78 is 1.82. The largest absolute Gasteiger partial charge is 0.355 e. The summed E-state index contributed by atoms with van der Waals surface area (Å²) in [5.41, 5.74) is 2.54. The Kier molecular flexibility index (Phi) is 4.63. The van der Waals surface area contributed by atoms with Crippen molar-refractivity contribution in [1.82, 2.24) is 20.1 Å². The summed E-state index contributed by atoms with van der Waals surface area (Å²) in [7, 11) is 3.98. The smallest absolute Gasteiger partial charge is 0.128 e. The minimum atomic E-state index is 0.116. The first-order chi connectivity index (χ1) is 9.83. The Hall–Kier alpha value is -1.88. The van der Waals surface area contributed by atoms with Gasteiger partial charge in [0.25, 0.3) is 0 Å². The van der Waals surface area contributed by atoms with Gasteiger partial charge in [-0.2, -0.15) is 5.10 Å². The third kappa shape index (κ3) is 4.86. The molecule has 2 aromatic heterocycles. The third-order valence-electron chi connectivity index (χ3n) is 3.20. The van der Waals surface area contributed by atoms with Crippen molar-refractivity contribution < 1.29 is 0 Å². The van der Waals surface area contributed by atoms with Gasteiger partial charge in [-0.05, 0) is 38.5 Å². The molecule has 2 aromatic rings. The molecule has 2 rings (SSSR count). The molecule has 0 aromatic carbocycles. The third-order valence-corrected chi connectivity index (χ3v) is 3.20. The van der Waals surface area contributed by atoms with Crippen molar-refractivity contribution in [3.05, 3.63) is 41.9 Å². The van der Waals surface area contributed by atoms with Crippen LogP contribution in [0.3, 0.4) is 0 Å². The maximum atomic E-state index is 4.46. The molecule has 21 heavy (non-hydrogen) atoms. The molecule has 0 atom stereocenters. The van der Waals surface area contributed by atoms with Gasteiger partial charge >= 0.3 is 0 Å². The van der Waals surface area contributed by atoms with Crippen LogP contribution in [0, 0.1) is 0 Å². The lowest BCUT2D eigenvalue weighted by molar-refractivity contribution is 0.424. The highest BCUT2D eigenvalue weighted by molar-refractivity contribution is 5.40. The molecule has 0 bridgehead atoms. The highest BCUT2D eigenvalue weighted by Gasteiger charge is 2.10. The van der Waals surface area contributed by atoms with Gasteiger partial charge in [-0.15, -0.1) is 0 Å². The predicted octanol–water partition coefficient (Wildman–Crippen LogP) is 2.34. The van der Waals surface area contributed by atoms with Gasteiger partial charge in [0, 0.05) is 50.7 Å². The first-order valence-electron chi connectivity index (χ1n) is 7.22. The topological polar surface area (TPSA) is 46.0 Å².